The first-order chi connectivity index (χ1) is 12.9. The molecular weight excluding hydrogens is 353 g/mol. The molecule has 2 amide bonds. The van der Waals surface area contributed by atoms with E-state index in [-0.39, 0.29) is 12.1 Å². The highest BCUT2D eigenvalue weighted by Gasteiger charge is 2.41. The lowest BCUT2D eigenvalue weighted by atomic mass is 9.97. The summed E-state index contributed by atoms with van der Waals surface area (Å²) in [6.07, 6.45) is 1.52. The zero-order chi connectivity index (χ0) is 19.3. The largest absolute Gasteiger partial charge is 0.348 e. The Hall–Kier alpha value is -3.55. The van der Waals surface area contributed by atoms with E-state index in [1.54, 1.807) is 29.9 Å². The van der Waals surface area contributed by atoms with Crippen LogP contribution < -0.4 is 4.90 Å². The zero-order valence-electron chi connectivity index (χ0n) is 14.3. The molecule has 0 saturated carbocycles. The van der Waals surface area contributed by atoms with Crippen LogP contribution in [0.2, 0.25) is 0 Å². The van der Waals surface area contributed by atoms with Gasteiger partial charge in [-0.05, 0) is 23.8 Å². The number of amides is 2. The molecule has 0 radical (unpaired) electrons. The number of nitrogens with zero attached hydrogens (tertiary/aromatic N) is 3. The van der Waals surface area contributed by atoms with Gasteiger partial charge in [-0.1, -0.05) is 12.1 Å². The molecule has 2 heterocycles. The third-order valence-electron chi connectivity index (χ3n) is 4.80. The van der Waals surface area contributed by atoms with E-state index >= 15 is 0 Å². The predicted molar refractivity (Wildman–Crippen MR) is 95.8 cm³/mol. The molecule has 0 aliphatic carbocycles. The Bertz CT molecular complexity index is 1120. The number of non-ortho nitro benzene ring substituents is 1. The van der Waals surface area contributed by atoms with Crippen molar-refractivity contribution in [1.29, 1.82) is 0 Å². The minimum atomic E-state index is -0.804. The van der Waals surface area contributed by atoms with Crippen LogP contribution >= 0.6 is 0 Å². The van der Waals surface area contributed by atoms with Crippen molar-refractivity contribution in [1.82, 2.24) is 4.57 Å². The summed E-state index contributed by atoms with van der Waals surface area (Å²) >= 11 is 0. The molecule has 8 heteroatoms. The van der Waals surface area contributed by atoms with E-state index in [1.165, 1.54) is 30.3 Å². The molecule has 27 heavy (non-hydrogen) atoms. The number of carbonyl (C=O) groups is 2. The van der Waals surface area contributed by atoms with Crippen LogP contribution in [-0.2, 0) is 16.6 Å². The summed E-state index contributed by atoms with van der Waals surface area (Å²) in [6, 6.07) is 9.89. The van der Waals surface area contributed by atoms with Crippen molar-refractivity contribution in [2.45, 2.75) is 12.3 Å². The first-order valence-corrected chi connectivity index (χ1v) is 8.22. The Labute approximate surface area is 152 Å². The average Bonchev–Trinajstić information content (AvgIpc) is 3.11. The van der Waals surface area contributed by atoms with E-state index in [9.17, 15) is 24.1 Å². The minimum Gasteiger partial charge on any atom is -0.348 e. The maximum atomic E-state index is 13.7. The number of nitro benzene ring substituents is 1. The van der Waals surface area contributed by atoms with E-state index in [4.69, 9.17) is 0 Å². The average molecular weight is 367 g/mol. The van der Waals surface area contributed by atoms with Crippen molar-refractivity contribution in [2.24, 2.45) is 7.05 Å². The summed E-state index contributed by atoms with van der Waals surface area (Å²) in [5.74, 6) is -2.17. The van der Waals surface area contributed by atoms with Gasteiger partial charge in [0.15, 0.2) is 0 Å². The van der Waals surface area contributed by atoms with Crippen LogP contribution in [-0.4, -0.2) is 21.3 Å². The van der Waals surface area contributed by atoms with Crippen molar-refractivity contribution in [3.63, 3.8) is 0 Å². The standard InChI is InChI=1S/C19H14FN3O4/c1-21-10-17(15-8-12(20)5-6-16(15)21)22-18(24)9-14(19(22)25)11-3-2-4-13(7-11)23(26)27/h2-8,10,14H,9H2,1H3. The second-order valence-corrected chi connectivity index (χ2v) is 6.46. The smallest absolute Gasteiger partial charge is 0.269 e. The fourth-order valence-corrected chi connectivity index (χ4v) is 3.52. The number of benzene rings is 2. The van der Waals surface area contributed by atoms with Crippen molar-refractivity contribution in [3.8, 4) is 0 Å². The molecule has 1 aromatic heterocycles. The highest BCUT2D eigenvalue weighted by atomic mass is 19.1. The number of fused-ring (bicyclic) bond motifs is 1. The van der Waals surface area contributed by atoms with Gasteiger partial charge in [-0.15, -0.1) is 0 Å². The fraction of sp³-hybridized carbons (Fsp3) is 0.158. The lowest BCUT2D eigenvalue weighted by molar-refractivity contribution is -0.384. The van der Waals surface area contributed by atoms with Gasteiger partial charge in [0.2, 0.25) is 11.8 Å². The SMILES string of the molecule is Cn1cc(N2C(=O)CC(c3cccc([N+](=O)[O-])c3)C2=O)c2cc(F)ccc21. The van der Waals surface area contributed by atoms with E-state index < -0.39 is 28.5 Å². The van der Waals surface area contributed by atoms with E-state index in [1.807, 2.05) is 0 Å². The van der Waals surface area contributed by atoms with Crippen LogP contribution in [0.25, 0.3) is 10.9 Å². The summed E-state index contributed by atoms with van der Waals surface area (Å²) in [4.78, 5) is 37.0. The molecule has 2 aromatic carbocycles. The van der Waals surface area contributed by atoms with Crippen LogP contribution in [0.3, 0.4) is 0 Å². The number of rotatable bonds is 3. The molecule has 0 spiro atoms. The van der Waals surface area contributed by atoms with E-state index in [2.05, 4.69) is 0 Å². The maximum Gasteiger partial charge on any atom is 0.269 e. The molecule has 0 bridgehead atoms. The molecule has 1 aliphatic rings. The number of anilines is 1. The molecule has 0 N–H and O–H groups in total. The van der Waals surface area contributed by atoms with Crippen LogP contribution in [0.1, 0.15) is 17.9 Å². The van der Waals surface area contributed by atoms with Gasteiger partial charge in [0.1, 0.15) is 5.82 Å². The maximum absolute atomic E-state index is 13.7. The van der Waals surface area contributed by atoms with Gasteiger partial charge in [-0.2, -0.15) is 0 Å². The third-order valence-corrected chi connectivity index (χ3v) is 4.80. The Morgan fingerprint density at radius 1 is 1.19 bits per heavy atom. The van der Waals surface area contributed by atoms with E-state index in [0.717, 1.165) is 4.90 Å². The second kappa shape index (κ2) is 6.01. The van der Waals surface area contributed by atoms with Crippen LogP contribution in [0, 0.1) is 15.9 Å². The summed E-state index contributed by atoms with van der Waals surface area (Å²) in [6.45, 7) is 0. The number of halogens is 1. The Balaban J connectivity index is 1.77. The molecule has 1 saturated heterocycles. The number of hydrogen-bond donors (Lipinski definition) is 0. The van der Waals surface area contributed by atoms with E-state index in [0.29, 0.717) is 22.2 Å². The fourth-order valence-electron chi connectivity index (χ4n) is 3.52. The van der Waals surface area contributed by atoms with Gasteiger partial charge in [0.25, 0.3) is 5.69 Å². The number of carbonyl (C=O) groups excluding carboxylic acids is 2. The normalized spacial score (nSPS) is 17.1. The molecule has 1 unspecified atom stereocenters. The van der Waals surface area contributed by atoms with Gasteiger partial charge in [0.05, 0.1) is 22.0 Å². The first-order valence-electron chi connectivity index (χ1n) is 8.22. The summed E-state index contributed by atoms with van der Waals surface area (Å²) in [7, 11) is 1.74. The summed E-state index contributed by atoms with van der Waals surface area (Å²) in [5, 5.41) is 11.4. The summed E-state index contributed by atoms with van der Waals surface area (Å²) in [5.41, 5.74) is 1.27. The minimum absolute atomic E-state index is 0.0916. The van der Waals surface area contributed by atoms with Crippen LogP contribution in [0.4, 0.5) is 15.8 Å². The molecule has 4 rings (SSSR count). The lowest BCUT2D eigenvalue weighted by Crippen LogP contribution is -2.29. The number of hydrogen-bond acceptors (Lipinski definition) is 4. The number of nitro groups is 1. The third kappa shape index (κ3) is 2.66. The quantitative estimate of drug-likeness (QED) is 0.404. The number of imide groups is 1. The van der Waals surface area contributed by atoms with Gasteiger partial charge >= 0.3 is 0 Å². The molecular formula is C19H14FN3O4. The Morgan fingerprint density at radius 2 is 1.96 bits per heavy atom. The molecule has 1 aliphatic heterocycles. The predicted octanol–water partition coefficient (Wildman–Crippen LogP) is 3.27. The highest BCUT2D eigenvalue weighted by Crippen LogP contribution is 2.38. The number of aromatic nitrogens is 1. The van der Waals surface area contributed by atoms with Gasteiger partial charge < -0.3 is 4.57 Å². The van der Waals surface area contributed by atoms with Crippen LogP contribution in [0.15, 0.2) is 48.7 Å². The number of aryl methyl sites for hydroxylation is 1. The molecule has 136 valence electrons. The first kappa shape index (κ1) is 16.9. The van der Waals surface area contributed by atoms with Gasteiger partial charge in [-0.25, -0.2) is 9.29 Å². The second-order valence-electron chi connectivity index (χ2n) is 6.46. The van der Waals surface area contributed by atoms with Crippen molar-refractivity contribution in [2.75, 3.05) is 4.90 Å². The van der Waals surface area contributed by atoms with Gasteiger partial charge in [-0.3, -0.25) is 19.7 Å². The summed E-state index contributed by atoms with van der Waals surface area (Å²) < 4.78 is 15.4. The van der Waals surface area contributed by atoms with Crippen molar-refractivity contribution < 1.29 is 18.9 Å². The van der Waals surface area contributed by atoms with Crippen molar-refractivity contribution >= 4 is 34.1 Å². The molecule has 3 aromatic rings. The molecule has 7 nitrogen and oxygen atoms in total. The monoisotopic (exact) mass is 367 g/mol. The Morgan fingerprint density at radius 3 is 2.70 bits per heavy atom. The Kier molecular flexibility index (Phi) is 3.76. The lowest BCUT2D eigenvalue weighted by Gasteiger charge is -2.14. The molecule has 1 fully saturated rings. The van der Waals surface area contributed by atoms with Crippen molar-refractivity contribution in [3.05, 3.63) is 70.2 Å². The zero-order valence-corrected chi connectivity index (χ0v) is 14.3. The topological polar surface area (TPSA) is 85.4 Å². The van der Waals surface area contributed by atoms with Crippen LogP contribution in [0.5, 0.6) is 0 Å². The van der Waals surface area contributed by atoms with Gasteiger partial charge in [0, 0.05) is 37.2 Å². The molecule has 1 atom stereocenters. The highest BCUT2D eigenvalue weighted by molar-refractivity contribution is 6.25.